The van der Waals surface area contributed by atoms with Crippen LogP contribution in [0.2, 0.25) is 0 Å². The van der Waals surface area contributed by atoms with Gasteiger partial charge in [-0.2, -0.15) is 9.61 Å². The molecule has 1 N–H and O–H groups in total. The van der Waals surface area contributed by atoms with Gasteiger partial charge in [0.15, 0.2) is 11.5 Å². The predicted molar refractivity (Wildman–Crippen MR) is 71.1 cm³/mol. The zero-order valence-electron chi connectivity index (χ0n) is 10.5. The normalized spacial score (nSPS) is 11.4. The lowest BCUT2D eigenvalue weighted by Crippen LogP contribution is -2.17. The van der Waals surface area contributed by atoms with E-state index in [9.17, 15) is 4.79 Å². The average molecular weight is 267 g/mol. The summed E-state index contributed by atoms with van der Waals surface area (Å²) in [5.41, 5.74) is 2.08. The first-order valence-corrected chi connectivity index (χ1v) is 5.95. The summed E-state index contributed by atoms with van der Waals surface area (Å²) < 4.78 is 2.87. The van der Waals surface area contributed by atoms with Gasteiger partial charge >= 0.3 is 5.69 Å². The van der Waals surface area contributed by atoms with E-state index in [1.165, 1.54) is 4.52 Å². The third-order valence-corrected chi connectivity index (χ3v) is 3.02. The maximum absolute atomic E-state index is 12.0. The molecule has 0 aliphatic rings. The molecule has 0 aliphatic heterocycles. The smallest absolute Gasteiger partial charge is 0.304 e. The van der Waals surface area contributed by atoms with Crippen LogP contribution in [0.1, 0.15) is 0 Å². The Balaban J connectivity index is 2.10. The molecule has 4 aromatic heterocycles. The van der Waals surface area contributed by atoms with Gasteiger partial charge in [0.25, 0.3) is 0 Å². The predicted octanol–water partition coefficient (Wildman–Crippen LogP) is 0.366. The largest absolute Gasteiger partial charge is 0.348 e. The van der Waals surface area contributed by atoms with Crippen molar-refractivity contribution < 1.29 is 0 Å². The van der Waals surface area contributed by atoms with Gasteiger partial charge in [-0.05, 0) is 12.1 Å². The zero-order valence-corrected chi connectivity index (χ0v) is 10.5. The summed E-state index contributed by atoms with van der Waals surface area (Å²) in [6, 6.07) is 3.54. The van der Waals surface area contributed by atoms with E-state index in [-0.39, 0.29) is 5.69 Å². The van der Waals surface area contributed by atoms with E-state index in [1.807, 2.05) is 7.05 Å². The van der Waals surface area contributed by atoms with Gasteiger partial charge in [0.05, 0.1) is 17.3 Å². The summed E-state index contributed by atoms with van der Waals surface area (Å²) in [6.45, 7) is 0. The highest BCUT2D eigenvalue weighted by molar-refractivity contribution is 5.87. The SMILES string of the molecule is Cn1cc(-c2nc3c4ncccc4[nH]c(=O)n3n2)cn1. The Kier molecular flexibility index (Phi) is 2.02. The summed E-state index contributed by atoms with van der Waals surface area (Å²) >= 11 is 0. The summed E-state index contributed by atoms with van der Waals surface area (Å²) in [5, 5.41) is 8.29. The second-order valence-electron chi connectivity index (χ2n) is 4.40. The highest BCUT2D eigenvalue weighted by Gasteiger charge is 2.13. The number of pyridine rings is 1. The van der Waals surface area contributed by atoms with Crippen molar-refractivity contribution in [2.75, 3.05) is 0 Å². The first-order valence-electron chi connectivity index (χ1n) is 5.95. The van der Waals surface area contributed by atoms with E-state index < -0.39 is 0 Å². The van der Waals surface area contributed by atoms with Crippen molar-refractivity contribution in [3.05, 3.63) is 41.2 Å². The number of nitrogens with one attached hydrogen (secondary N) is 1. The van der Waals surface area contributed by atoms with Crippen LogP contribution in [0.3, 0.4) is 0 Å². The monoisotopic (exact) mass is 267 g/mol. The van der Waals surface area contributed by atoms with Crippen LogP contribution in [0.5, 0.6) is 0 Å². The lowest BCUT2D eigenvalue weighted by atomic mass is 10.3. The number of nitrogens with zero attached hydrogens (tertiary/aromatic N) is 6. The molecule has 0 spiro atoms. The van der Waals surface area contributed by atoms with Gasteiger partial charge in [0.2, 0.25) is 0 Å². The molecular weight excluding hydrogens is 258 g/mol. The van der Waals surface area contributed by atoms with Gasteiger partial charge < -0.3 is 4.98 Å². The molecule has 0 radical (unpaired) electrons. The molecule has 0 amide bonds. The minimum Gasteiger partial charge on any atom is -0.304 e. The van der Waals surface area contributed by atoms with Crippen LogP contribution in [0, 0.1) is 0 Å². The van der Waals surface area contributed by atoms with Crippen molar-refractivity contribution in [3.63, 3.8) is 0 Å². The highest BCUT2D eigenvalue weighted by Crippen LogP contribution is 2.17. The third kappa shape index (κ3) is 1.44. The van der Waals surface area contributed by atoms with Crippen LogP contribution in [0.15, 0.2) is 35.5 Å². The van der Waals surface area contributed by atoms with Gasteiger partial charge in [0, 0.05) is 19.4 Å². The van der Waals surface area contributed by atoms with E-state index in [0.29, 0.717) is 22.5 Å². The summed E-state index contributed by atoms with van der Waals surface area (Å²) in [7, 11) is 1.81. The van der Waals surface area contributed by atoms with E-state index in [2.05, 4.69) is 25.1 Å². The Morgan fingerprint density at radius 2 is 2.25 bits per heavy atom. The summed E-state index contributed by atoms with van der Waals surface area (Å²) in [4.78, 5) is 23.4. The molecular formula is C12H9N7O. The van der Waals surface area contributed by atoms with E-state index in [4.69, 9.17) is 0 Å². The summed E-state index contributed by atoms with van der Waals surface area (Å²) in [5.74, 6) is 0.446. The van der Waals surface area contributed by atoms with Crippen molar-refractivity contribution in [1.29, 1.82) is 0 Å². The molecule has 8 heteroatoms. The number of rotatable bonds is 1. The van der Waals surface area contributed by atoms with Crippen molar-refractivity contribution in [2.24, 2.45) is 7.05 Å². The standard InChI is InChI=1S/C12H9N7O/c1-18-6-7(5-14-18)10-16-11-9-8(3-2-4-13-9)15-12(20)19(11)17-10/h2-6H,1H3,(H,15,20). The Labute approximate surface area is 111 Å². The molecule has 0 saturated heterocycles. The van der Waals surface area contributed by atoms with Crippen molar-refractivity contribution >= 4 is 16.7 Å². The molecule has 0 fully saturated rings. The number of H-pyrrole nitrogens is 1. The lowest BCUT2D eigenvalue weighted by Gasteiger charge is -1.96. The number of fused-ring (bicyclic) bond motifs is 3. The van der Waals surface area contributed by atoms with Gasteiger partial charge in [-0.1, -0.05) is 0 Å². The third-order valence-electron chi connectivity index (χ3n) is 3.02. The maximum atomic E-state index is 12.0. The lowest BCUT2D eigenvalue weighted by molar-refractivity contribution is 0.768. The summed E-state index contributed by atoms with van der Waals surface area (Å²) in [6.07, 6.45) is 5.09. The van der Waals surface area contributed by atoms with Crippen molar-refractivity contribution in [3.8, 4) is 11.4 Å². The molecule has 4 heterocycles. The van der Waals surface area contributed by atoms with Gasteiger partial charge in [-0.25, -0.2) is 9.78 Å². The fraction of sp³-hybridized carbons (Fsp3) is 0.0833. The average Bonchev–Trinajstić information content (AvgIpc) is 3.05. The van der Waals surface area contributed by atoms with Gasteiger partial charge in [-0.15, -0.1) is 5.10 Å². The Morgan fingerprint density at radius 3 is 3.05 bits per heavy atom. The molecule has 4 rings (SSSR count). The molecule has 4 aromatic rings. The minimum atomic E-state index is -0.344. The van der Waals surface area contributed by atoms with Crippen LogP contribution in [-0.4, -0.2) is 34.3 Å². The van der Waals surface area contributed by atoms with Crippen LogP contribution < -0.4 is 5.69 Å². The Morgan fingerprint density at radius 1 is 1.35 bits per heavy atom. The molecule has 0 unspecified atom stereocenters. The number of hydrogen-bond acceptors (Lipinski definition) is 5. The van der Waals surface area contributed by atoms with E-state index in [0.717, 1.165) is 5.56 Å². The zero-order chi connectivity index (χ0) is 13.7. The van der Waals surface area contributed by atoms with Gasteiger partial charge in [0.1, 0.15) is 5.52 Å². The van der Waals surface area contributed by atoms with Gasteiger partial charge in [-0.3, -0.25) is 9.67 Å². The number of aryl methyl sites for hydroxylation is 1. The van der Waals surface area contributed by atoms with Crippen LogP contribution in [-0.2, 0) is 7.05 Å². The van der Waals surface area contributed by atoms with Crippen LogP contribution >= 0.6 is 0 Å². The quantitative estimate of drug-likeness (QED) is 0.537. The second kappa shape index (κ2) is 3.73. The van der Waals surface area contributed by atoms with Crippen LogP contribution in [0.4, 0.5) is 0 Å². The molecule has 0 atom stereocenters. The molecule has 0 aliphatic carbocycles. The van der Waals surface area contributed by atoms with E-state index in [1.54, 1.807) is 35.4 Å². The number of aromatic nitrogens is 7. The maximum Gasteiger partial charge on any atom is 0.348 e. The molecule has 98 valence electrons. The Bertz CT molecular complexity index is 994. The molecule has 0 aromatic carbocycles. The van der Waals surface area contributed by atoms with Crippen molar-refractivity contribution in [2.45, 2.75) is 0 Å². The first-order chi connectivity index (χ1) is 9.72. The molecule has 8 nitrogen and oxygen atoms in total. The van der Waals surface area contributed by atoms with Crippen LogP contribution in [0.25, 0.3) is 28.1 Å². The molecule has 0 saturated carbocycles. The Hall–Kier alpha value is -3.03. The highest BCUT2D eigenvalue weighted by atomic mass is 16.1. The topological polar surface area (TPSA) is 93.8 Å². The minimum absolute atomic E-state index is 0.344. The van der Waals surface area contributed by atoms with E-state index >= 15 is 0 Å². The molecule has 20 heavy (non-hydrogen) atoms. The fourth-order valence-corrected chi connectivity index (χ4v) is 2.12. The number of hydrogen-bond donors (Lipinski definition) is 1. The molecule has 0 bridgehead atoms. The first kappa shape index (κ1) is 10.9. The fourth-order valence-electron chi connectivity index (χ4n) is 2.12. The second-order valence-corrected chi connectivity index (χ2v) is 4.40. The van der Waals surface area contributed by atoms with Crippen molar-refractivity contribution in [1.82, 2.24) is 34.3 Å². The number of aromatic amines is 1.